The number of fused-ring (bicyclic) bond motifs is 3. The first-order valence-electron chi connectivity index (χ1n) is 12.7. The molecule has 3 aliphatic rings. The van der Waals surface area contributed by atoms with Crippen LogP contribution < -0.4 is 9.64 Å². The third kappa shape index (κ3) is 5.34. The molecule has 0 radical (unpaired) electrons. The van der Waals surface area contributed by atoms with Gasteiger partial charge in [0.05, 0.1) is 23.2 Å². The first kappa shape index (κ1) is 26.3. The Bertz CT molecular complexity index is 1200. The van der Waals surface area contributed by atoms with Crippen LogP contribution in [0.25, 0.3) is 10.9 Å². The van der Waals surface area contributed by atoms with E-state index < -0.39 is 17.2 Å². The number of hydrogen-bond donors (Lipinski definition) is 0. The number of halogens is 3. The van der Waals surface area contributed by atoms with Crippen LogP contribution in [0.2, 0.25) is 0 Å². The summed E-state index contributed by atoms with van der Waals surface area (Å²) in [5, 5.41) is 0.282. The van der Waals surface area contributed by atoms with E-state index in [2.05, 4.69) is 30.8 Å². The van der Waals surface area contributed by atoms with Crippen LogP contribution in [-0.2, 0) is 4.74 Å². The third-order valence-electron chi connectivity index (χ3n) is 7.29. The van der Waals surface area contributed by atoms with Gasteiger partial charge < -0.3 is 19.3 Å². The summed E-state index contributed by atoms with van der Waals surface area (Å²) >= 11 is 3.00. The van der Waals surface area contributed by atoms with Crippen molar-refractivity contribution in [3.63, 3.8) is 0 Å². The van der Waals surface area contributed by atoms with Crippen LogP contribution in [0, 0.1) is 17.0 Å². The summed E-state index contributed by atoms with van der Waals surface area (Å²) in [4.78, 5) is 27.9. The molecule has 1 aliphatic carbocycles. The van der Waals surface area contributed by atoms with Crippen molar-refractivity contribution in [3.05, 3.63) is 22.2 Å². The lowest BCUT2D eigenvalue weighted by Gasteiger charge is -2.42. The summed E-state index contributed by atoms with van der Waals surface area (Å²) in [6, 6.07) is 1.18. The van der Waals surface area contributed by atoms with Gasteiger partial charge in [0, 0.05) is 30.4 Å². The normalized spacial score (nSPS) is 22.6. The van der Waals surface area contributed by atoms with E-state index in [1.807, 2.05) is 44.7 Å². The molecule has 3 heterocycles. The Morgan fingerprint density at radius 3 is 2.41 bits per heavy atom. The van der Waals surface area contributed by atoms with Gasteiger partial charge in [-0.05, 0) is 82.5 Å². The second-order valence-corrected chi connectivity index (χ2v) is 12.7. The highest BCUT2D eigenvalue weighted by Gasteiger charge is 2.46. The minimum atomic E-state index is -0.784. The maximum atomic E-state index is 15.2. The molecule has 0 spiro atoms. The van der Waals surface area contributed by atoms with Crippen molar-refractivity contribution in [2.24, 2.45) is 5.41 Å². The zero-order valence-electron chi connectivity index (χ0n) is 22.0. The Morgan fingerprint density at radius 2 is 1.84 bits per heavy atom. The predicted octanol–water partition coefficient (Wildman–Crippen LogP) is 4.98. The lowest BCUT2D eigenvalue weighted by molar-refractivity contribution is 0.0123. The van der Waals surface area contributed by atoms with Gasteiger partial charge in [-0.3, -0.25) is 4.90 Å². The van der Waals surface area contributed by atoms with Gasteiger partial charge in [0.25, 0.3) is 0 Å². The van der Waals surface area contributed by atoms with E-state index >= 15 is 4.39 Å². The zero-order chi connectivity index (χ0) is 26.7. The SMILES string of the molecule is CN(C)CC1(COc2nc(N3CC4CCC(C3)N4C(=O)OC(C)(C)C)c3cc(F)c(Br)c(F)c3n2)CC1. The highest BCUT2D eigenvalue weighted by molar-refractivity contribution is 9.10. The molecular weight excluding hydrogens is 548 g/mol. The first-order chi connectivity index (χ1) is 17.4. The number of benzene rings is 1. The number of carbonyl (C=O) groups excluding carboxylic acids is 1. The summed E-state index contributed by atoms with van der Waals surface area (Å²) < 4.78 is 41.2. The smallest absolute Gasteiger partial charge is 0.410 e. The fourth-order valence-corrected chi connectivity index (χ4v) is 5.85. The number of amides is 1. The lowest BCUT2D eigenvalue weighted by Crippen LogP contribution is -2.57. The molecule has 5 rings (SSSR count). The minimum absolute atomic E-state index is 0.00708. The number of aromatic nitrogens is 2. The molecule has 2 saturated heterocycles. The van der Waals surface area contributed by atoms with Crippen LogP contribution in [0.1, 0.15) is 46.5 Å². The number of carbonyl (C=O) groups is 1. The molecule has 1 amide bonds. The molecule has 2 bridgehead atoms. The summed E-state index contributed by atoms with van der Waals surface area (Å²) in [5.41, 5.74) is -0.536. The minimum Gasteiger partial charge on any atom is -0.463 e. The van der Waals surface area contributed by atoms with Crippen molar-refractivity contribution < 1.29 is 23.0 Å². The molecular formula is C26H34BrF2N5O3. The van der Waals surface area contributed by atoms with E-state index in [0.717, 1.165) is 32.2 Å². The number of rotatable bonds is 6. The number of ether oxygens (including phenoxy) is 2. The molecule has 2 atom stereocenters. The van der Waals surface area contributed by atoms with Crippen LogP contribution >= 0.6 is 15.9 Å². The van der Waals surface area contributed by atoms with Gasteiger partial charge in [-0.25, -0.2) is 13.6 Å². The van der Waals surface area contributed by atoms with Gasteiger partial charge in [-0.15, -0.1) is 0 Å². The standard InChI is InChI=1S/C26H34BrF2N5O3/c1-25(2,3)37-24(35)34-15-6-7-16(34)12-33(11-15)22-17-10-18(28)19(27)20(29)21(17)30-23(31-22)36-14-26(8-9-26)13-32(4)5/h10,15-16H,6-9,11-14H2,1-5H3. The topological polar surface area (TPSA) is 71.0 Å². The van der Waals surface area contributed by atoms with Crippen molar-refractivity contribution in [1.29, 1.82) is 0 Å². The van der Waals surface area contributed by atoms with E-state index in [9.17, 15) is 9.18 Å². The Morgan fingerprint density at radius 1 is 1.19 bits per heavy atom. The number of nitrogens with zero attached hydrogens (tertiary/aromatic N) is 5. The van der Waals surface area contributed by atoms with Crippen molar-refractivity contribution in [1.82, 2.24) is 19.8 Å². The van der Waals surface area contributed by atoms with E-state index in [-0.39, 0.29) is 45.0 Å². The molecule has 2 aromatic rings. The predicted molar refractivity (Wildman–Crippen MR) is 140 cm³/mol. The highest BCUT2D eigenvalue weighted by atomic mass is 79.9. The Hall–Kier alpha value is -2.27. The Kier molecular flexibility index (Phi) is 6.75. The summed E-state index contributed by atoms with van der Waals surface area (Å²) in [6.07, 6.45) is 3.43. The summed E-state index contributed by atoms with van der Waals surface area (Å²) in [7, 11) is 4.05. The average molecular weight is 582 g/mol. The van der Waals surface area contributed by atoms with E-state index in [1.165, 1.54) is 6.07 Å². The lowest BCUT2D eigenvalue weighted by atomic mass is 10.1. The highest BCUT2D eigenvalue weighted by Crippen LogP contribution is 2.46. The zero-order valence-corrected chi connectivity index (χ0v) is 23.6. The van der Waals surface area contributed by atoms with Crippen LogP contribution in [-0.4, -0.2) is 83.9 Å². The molecule has 2 unspecified atom stereocenters. The van der Waals surface area contributed by atoms with Crippen LogP contribution in [0.5, 0.6) is 6.01 Å². The number of anilines is 1. The summed E-state index contributed by atoms with van der Waals surface area (Å²) in [6.45, 7) is 7.82. The molecule has 2 aliphatic heterocycles. The van der Waals surface area contributed by atoms with Crippen molar-refractivity contribution in [2.75, 3.05) is 45.2 Å². The monoisotopic (exact) mass is 581 g/mol. The molecule has 11 heteroatoms. The Labute approximate surface area is 224 Å². The average Bonchev–Trinajstić information content (AvgIpc) is 3.50. The first-order valence-corrected chi connectivity index (χ1v) is 13.5. The van der Waals surface area contributed by atoms with Crippen molar-refractivity contribution >= 4 is 38.7 Å². The number of hydrogen-bond acceptors (Lipinski definition) is 7. The van der Waals surface area contributed by atoms with Gasteiger partial charge >= 0.3 is 12.1 Å². The third-order valence-corrected chi connectivity index (χ3v) is 8.02. The molecule has 1 aromatic carbocycles. The Balaban J connectivity index is 1.46. The van der Waals surface area contributed by atoms with E-state index in [4.69, 9.17) is 9.47 Å². The van der Waals surface area contributed by atoms with Crippen molar-refractivity contribution in [3.8, 4) is 6.01 Å². The quantitative estimate of drug-likeness (QED) is 0.445. The van der Waals surface area contributed by atoms with Crippen LogP contribution in [0.4, 0.5) is 19.4 Å². The number of piperazine rings is 1. The van der Waals surface area contributed by atoms with Gasteiger partial charge in [0.1, 0.15) is 22.8 Å². The molecule has 8 nitrogen and oxygen atoms in total. The van der Waals surface area contributed by atoms with Crippen molar-refractivity contribution in [2.45, 2.75) is 64.1 Å². The molecule has 3 fully saturated rings. The van der Waals surface area contributed by atoms with Gasteiger partial charge in [-0.1, -0.05) is 0 Å². The molecule has 1 saturated carbocycles. The van der Waals surface area contributed by atoms with Gasteiger partial charge in [-0.2, -0.15) is 9.97 Å². The summed E-state index contributed by atoms with van der Waals surface area (Å²) in [5.74, 6) is -1.08. The second kappa shape index (κ2) is 9.48. The molecule has 1 aromatic heterocycles. The maximum Gasteiger partial charge on any atom is 0.410 e. The second-order valence-electron chi connectivity index (χ2n) is 11.9. The van der Waals surface area contributed by atoms with Crippen LogP contribution in [0.15, 0.2) is 10.5 Å². The fraction of sp³-hybridized carbons (Fsp3) is 0.654. The van der Waals surface area contributed by atoms with Gasteiger partial charge in [0.15, 0.2) is 5.82 Å². The fourth-order valence-electron chi connectivity index (χ4n) is 5.54. The van der Waals surface area contributed by atoms with E-state index in [1.54, 1.807) is 0 Å². The van der Waals surface area contributed by atoms with Gasteiger partial charge in [0.2, 0.25) is 0 Å². The largest absolute Gasteiger partial charge is 0.463 e. The molecule has 202 valence electrons. The molecule has 0 N–H and O–H groups in total. The van der Waals surface area contributed by atoms with Crippen LogP contribution in [0.3, 0.4) is 0 Å². The maximum absolute atomic E-state index is 15.2. The molecule has 37 heavy (non-hydrogen) atoms. The van der Waals surface area contributed by atoms with E-state index in [0.29, 0.717) is 25.5 Å².